The van der Waals surface area contributed by atoms with Crippen LogP contribution in [0.3, 0.4) is 0 Å². The van der Waals surface area contributed by atoms with Crippen LogP contribution in [0.4, 0.5) is 0 Å². The van der Waals surface area contributed by atoms with E-state index in [1.165, 1.54) is 19.3 Å². The topological polar surface area (TPSA) is 71.1 Å². The van der Waals surface area contributed by atoms with Gasteiger partial charge in [-0.3, -0.25) is 9.78 Å². The van der Waals surface area contributed by atoms with Crippen molar-refractivity contribution in [2.75, 3.05) is 0 Å². The maximum absolute atomic E-state index is 12.7. The van der Waals surface area contributed by atoms with Crippen LogP contribution in [0.5, 0.6) is 0 Å². The highest BCUT2D eigenvalue weighted by Gasteiger charge is 2.24. The lowest BCUT2D eigenvalue weighted by atomic mass is 10.1. The van der Waals surface area contributed by atoms with Gasteiger partial charge in [0.15, 0.2) is 0 Å². The van der Waals surface area contributed by atoms with Crippen molar-refractivity contribution in [3.63, 3.8) is 0 Å². The fraction of sp³-hybridized carbons (Fsp3) is 0.353. The molecule has 0 unspecified atom stereocenters. The molecule has 0 bridgehead atoms. The summed E-state index contributed by atoms with van der Waals surface area (Å²) in [6.07, 6.45) is 6.92. The van der Waals surface area contributed by atoms with Crippen molar-refractivity contribution in [2.45, 2.75) is 77.7 Å². The fourth-order valence-corrected chi connectivity index (χ4v) is 7.29. The van der Waals surface area contributed by atoms with Gasteiger partial charge in [0, 0.05) is 6.42 Å². The number of hydrogen-bond donors (Lipinski definition) is 0. The summed E-state index contributed by atoms with van der Waals surface area (Å²) in [7, 11) is -3.99. The summed E-state index contributed by atoms with van der Waals surface area (Å²) < 4.78 is 0. The Morgan fingerprint density at radius 1 is 0.643 bits per heavy atom. The second-order valence-electron chi connectivity index (χ2n) is 10.8. The van der Waals surface area contributed by atoms with E-state index in [0.29, 0.717) is 17.5 Å². The molecule has 2 aromatic rings. The van der Waals surface area contributed by atoms with Crippen molar-refractivity contribution in [2.24, 2.45) is 0 Å². The molecule has 0 aliphatic rings. The van der Waals surface area contributed by atoms with Crippen molar-refractivity contribution >= 4 is 38.5 Å². The number of unbranched alkanes of at least 4 members (excludes halogenated alkanes) is 6. The predicted octanol–water partition coefficient (Wildman–Crippen LogP) is 7.50. The average molecular weight is 607 g/mol. The smallest absolute Gasteiger partial charge is 0.290 e. The normalized spacial score (nSPS) is 11.5. The minimum Gasteiger partial charge on any atom is -0.290 e. The first-order valence-electron chi connectivity index (χ1n) is 14.7. The van der Waals surface area contributed by atoms with Gasteiger partial charge in [-0.1, -0.05) is 116 Å². The van der Waals surface area contributed by atoms with Crippen LogP contribution in [-0.4, -0.2) is 34.4 Å². The van der Waals surface area contributed by atoms with E-state index >= 15 is 0 Å². The van der Waals surface area contributed by atoms with Gasteiger partial charge in [0.2, 0.25) is 6.29 Å². The Hall–Kier alpha value is -3.31. The molecule has 0 heterocycles. The maximum Gasteiger partial charge on any atom is 0.373 e. The van der Waals surface area contributed by atoms with Crippen LogP contribution in [0, 0.1) is 0 Å². The lowest BCUT2D eigenvalue weighted by Crippen LogP contribution is -2.40. The molecule has 0 fully saturated rings. The summed E-state index contributed by atoms with van der Waals surface area (Å²) in [4.78, 5) is 46.3. The number of carbonyl (C=O) groups excluding carboxylic acids is 2. The summed E-state index contributed by atoms with van der Waals surface area (Å²) in [5.74, 6) is -1.34. The van der Waals surface area contributed by atoms with Gasteiger partial charge in [-0.05, 0) is 30.7 Å². The molecule has 0 aromatic heterocycles. The summed E-state index contributed by atoms with van der Waals surface area (Å²) >= 11 is 0. The standard InChI is InChI=1S/C34H46O6Si2/c1-8-13-14-15-16-17-18-19-32(37-39-33(35)28-20-24-30(25-21-28)41(6,9-2)10-3)38-40-34(36)29-22-26-31(27-23-29)42(7,11-4)12-5/h9-12,20-27,32H,2-5,8,13-19H2,1,6-7H3. The molecule has 6 nitrogen and oxygen atoms in total. The van der Waals surface area contributed by atoms with E-state index in [0.717, 1.165) is 36.1 Å². The molecule has 0 aliphatic carbocycles. The van der Waals surface area contributed by atoms with E-state index in [1.54, 1.807) is 24.3 Å². The van der Waals surface area contributed by atoms with Crippen LogP contribution in [0.15, 0.2) is 97.6 Å². The lowest BCUT2D eigenvalue weighted by Gasteiger charge is -2.19. The minimum atomic E-state index is -1.99. The molecule has 0 N–H and O–H groups in total. The zero-order valence-corrected chi connectivity index (χ0v) is 27.4. The van der Waals surface area contributed by atoms with Gasteiger partial charge in [0.25, 0.3) is 0 Å². The second kappa shape index (κ2) is 17.6. The van der Waals surface area contributed by atoms with Gasteiger partial charge >= 0.3 is 11.9 Å². The van der Waals surface area contributed by atoms with Gasteiger partial charge in [-0.25, -0.2) is 9.59 Å². The second-order valence-corrected chi connectivity index (χ2v) is 18.7. The van der Waals surface area contributed by atoms with Crippen molar-refractivity contribution in [3.05, 3.63) is 109 Å². The average Bonchev–Trinajstić information content (AvgIpc) is 3.04. The van der Waals surface area contributed by atoms with Crippen LogP contribution in [0.2, 0.25) is 13.1 Å². The van der Waals surface area contributed by atoms with Crippen molar-refractivity contribution < 1.29 is 29.1 Å². The number of carbonyl (C=O) groups is 2. The molecular weight excluding hydrogens is 561 g/mol. The van der Waals surface area contributed by atoms with Crippen LogP contribution in [0.1, 0.15) is 79.0 Å². The molecular formula is C34H46O6Si2. The number of hydrogen-bond acceptors (Lipinski definition) is 6. The number of rotatable bonds is 20. The Morgan fingerprint density at radius 3 is 1.36 bits per heavy atom. The van der Waals surface area contributed by atoms with E-state index in [4.69, 9.17) is 19.6 Å². The lowest BCUT2D eigenvalue weighted by molar-refractivity contribution is -0.421. The summed E-state index contributed by atoms with van der Waals surface area (Å²) in [6, 6.07) is 14.2. The highest BCUT2D eigenvalue weighted by molar-refractivity contribution is 6.99. The monoisotopic (exact) mass is 606 g/mol. The summed E-state index contributed by atoms with van der Waals surface area (Å²) in [6.45, 7) is 22.1. The van der Waals surface area contributed by atoms with E-state index in [9.17, 15) is 9.59 Å². The van der Waals surface area contributed by atoms with Crippen molar-refractivity contribution in [3.8, 4) is 0 Å². The van der Waals surface area contributed by atoms with Crippen LogP contribution >= 0.6 is 0 Å². The Morgan fingerprint density at radius 2 is 1.00 bits per heavy atom. The first kappa shape index (κ1) is 34.9. The van der Waals surface area contributed by atoms with E-state index in [1.807, 2.05) is 47.1 Å². The van der Waals surface area contributed by atoms with Gasteiger partial charge in [-0.15, -0.1) is 36.1 Å². The Bertz CT molecular complexity index is 1090. The van der Waals surface area contributed by atoms with Crippen LogP contribution < -0.4 is 10.4 Å². The Kier molecular flexibility index (Phi) is 14.6. The van der Waals surface area contributed by atoms with Crippen molar-refractivity contribution in [1.82, 2.24) is 0 Å². The highest BCUT2D eigenvalue weighted by atomic mass is 28.3. The van der Waals surface area contributed by atoms with Gasteiger partial charge in [0.05, 0.1) is 11.1 Å². The summed E-state index contributed by atoms with van der Waals surface area (Å²) in [5, 5.41) is 2.15. The zero-order chi connectivity index (χ0) is 31.0. The molecule has 226 valence electrons. The van der Waals surface area contributed by atoms with Gasteiger partial charge in [-0.2, -0.15) is 0 Å². The molecule has 0 radical (unpaired) electrons. The molecule has 8 heteroatoms. The summed E-state index contributed by atoms with van der Waals surface area (Å²) in [5.41, 5.74) is 8.37. The van der Waals surface area contributed by atoms with Gasteiger partial charge in [0.1, 0.15) is 16.1 Å². The highest BCUT2D eigenvalue weighted by Crippen LogP contribution is 2.16. The third kappa shape index (κ3) is 10.2. The SMILES string of the molecule is C=C[Si](C)(C=C)c1ccc(C(=O)OOC(CCCCCCCCC)OOC(=O)c2ccc([Si](C)(C=C)C=C)cc2)cc1. The third-order valence-electron chi connectivity index (χ3n) is 7.69. The Labute approximate surface area is 253 Å². The molecule has 0 aliphatic heterocycles. The maximum atomic E-state index is 12.7. The fourth-order valence-electron chi connectivity index (χ4n) is 4.24. The molecule has 0 atom stereocenters. The largest absolute Gasteiger partial charge is 0.373 e. The molecule has 2 rings (SSSR count). The van der Waals surface area contributed by atoms with Crippen LogP contribution in [-0.2, 0) is 19.6 Å². The quantitative estimate of drug-likeness (QED) is 0.0511. The number of benzene rings is 2. The Balaban J connectivity index is 2.01. The molecule has 0 spiro atoms. The molecule has 0 saturated carbocycles. The van der Waals surface area contributed by atoms with Gasteiger partial charge < -0.3 is 0 Å². The molecule has 42 heavy (non-hydrogen) atoms. The van der Waals surface area contributed by atoms with E-state index in [2.05, 4.69) is 46.3 Å². The first-order chi connectivity index (χ1) is 20.2. The minimum absolute atomic E-state index is 0.324. The van der Waals surface area contributed by atoms with Crippen LogP contribution in [0.25, 0.3) is 0 Å². The van der Waals surface area contributed by atoms with Crippen molar-refractivity contribution in [1.29, 1.82) is 0 Å². The molecule has 2 aromatic carbocycles. The molecule has 0 saturated heterocycles. The predicted molar refractivity (Wildman–Crippen MR) is 176 cm³/mol. The van der Waals surface area contributed by atoms with E-state index in [-0.39, 0.29) is 0 Å². The zero-order valence-electron chi connectivity index (χ0n) is 25.4. The third-order valence-corrected chi connectivity index (χ3v) is 14.2. The van der Waals surface area contributed by atoms with E-state index < -0.39 is 34.4 Å². The first-order valence-corrected chi connectivity index (χ1v) is 20.0. The molecule has 0 amide bonds.